The molecular formula is C23H24N2O2. The Hall–Kier alpha value is -3.14. The van der Waals surface area contributed by atoms with Crippen LogP contribution in [0.15, 0.2) is 66.9 Å². The van der Waals surface area contributed by atoms with E-state index in [0.29, 0.717) is 0 Å². The van der Waals surface area contributed by atoms with E-state index < -0.39 is 0 Å². The first-order valence-electron chi connectivity index (χ1n) is 9.02. The first-order chi connectivity index (χ1) is 13.0. The van der Waals surface area contributed by atoms with E-state index in [4.69, 9.17) is 4.74 Å². The molecule has 1 heterocycles. The van der Waals surface area contributed by atoms with Crippen LogP contribution in [0.25, 0.3) is 22.4 Å². The van der Waals surface area contributed by atoms with Gasteiger partial charge in [0.25, 0.3) is 0 Å². The predicted octanol–water partition coefficient (Wildman–Crippen LogP) is 4.49. The molecule has 2 aromatic carbocycles. The summed E-state index contributed by atoms with van der Waals surface area (Å²) >= 11 is 0. The molecular weight excluding hydrogens is 336 g/mol. The molecule has 3 aromatic rings. The van der Waals surface area contributed by atoms with Gasteiger partial charge in [0.05, 0.1) is 12.8 Å². The fraction of sp³-hybridized carbons (Fsp3) is 0.217. The fourth-order valence-electron chi connectivity index (χ4n) is 3.08. The van der Waals surface area contributed by atoms with Crippen molar-refractivity contribution in [2.75, 3.05) is 7.11 Å². The maximum atomic E-state index is 11.1. The summed E-state index contributed by atoms with van der Waals surface area (Å²) in [5, 5.41) is 2.91. The Morgan fingerprint density at radius 1 is 0.963 bits per heavy atom. The predicted molar refractivity (Wildman–Crippen MR) is 109 cm³/mol. The molecule has 1 unspecified atom stereocenters. The number of hydrogen-bond acceptors (Lipinski definition) is 3. The summed E-state index contributed by atoms with van der Waals surface area (Å²) in [6, 6.07) is 20.5. The van der Waals surface area contributed by atoms with Crippen LogP contribution in [0.4, 0.5) is 0 Å². The molecule has 0 bridgehead atoms. The van der Waals surface area contributed by atoms with Crippen molar-refractivity contribution in [2.24, 2.45) is 0 Å². The normalized spacial score (nSPS) is 11.7. The number of ether oxygens (including phenoxy) is 1. The van der Waals surface area contributed by atoms with E-state index in [1.54, 1.807) is 14.0 Å². The lowest BCUT2D eigenvalue weighted by Gasteiger charge is -2.12. The molecule has 0 aliphatic rings. The smallest absolute Gasteiger partial charge is 0.217 e. The average Bonchev–Trinajstić information content (AvgIpc) is 2.68. The van der Waals surface area contributed by atoms with Gasteiger partial charge in [-0.2, -0.15) is 0 Å². The van der Waals surface area contributed by atoms with Crippen molar-refractivity contribution in [1.29, 1.82) is 0 Å². The number of rotatable bonds is 6. The van der Waals surface area contributed by atoms with Crippen LogP contribution in [0.5, 0.6) is 5.75 Å². The van der Waals surface area contributed by atoms with Gasteiger partial charge in [0.15, 0.2) is 0 Å². The topological polar surface area (TPSA) is 51.2 Å². The minimum atomic E-state index is 0.000250. The zero-order chi connectivity index (χ0) is 19.2. The first kappa shape index (κ1) is 18.6. The van der Waals surface area contributed by atoms with Crippen molar-refractivity contribution in [3.8, 4) is 28.1 Å². The van der Waals surface area contributed by atoms with Gasteiger partial charge >= 0.3 is 0 Å². The molecule has 0 spiro atoms. The quantitative estimate of drug-likeness (QED) is 0.704. The summed E-state index contributed by atoms with van der Waals surface area (Å²) in [5.41, 5.74) is 5.38. The first-order valence-corrected chi connectivity index (χ1v) is 9.02. The van der Waals surface area contributed by atoms with Gasteiger partial charge in [0.1, 0.15) is 5.75 Å². The van der Waals surface area contributed by atoms with Crippen molar-refractivity contribution >= 4 is 5.91 Å². The van der Waals surface area contributed by atoms with E-state index in [1.165, 1.54) is 5.56 Å². The molecule has 0 aliphatic heterocycles. The Labute approximate surface area is 160 Å². The second-order valence-electron chi connectivity index (χ2n) is 6.66. The summed E-state index contributed by atoms with van der Waals surface area (Å²) < 4.78 is 5.20. The largest absolute Gasteiger partial charge is 0.497 e. The van der Waals surface area contributed by atoms with E-state index >= 15 is 0 Å². The summed E-state index contributed by atoms with van der Waals surface area (Å²) in [6.45, 7) is 3.55. The molecule has 1 atom stereocenters. The molecule has 138 valence electrons. The zero-order valence-electron chi connectivity index (χ0n) is 15.9. The van der Waals surface area contributed by atoms with Gasteiger partial charge in [-0.1, -0.05) is 42.5 Å². The number of nitrogens with zero attached hydrogens (tertiary/aromatic N) is 1. The number of methoxy groups -OCH3 is 1. The van der Waals surface area contributed by atoms with E-state index in [9.17, 15) is 4.79 Å². The molecule has 0 radical (unpaired) electrons. The van der Waals surface area contributed by atoms with Crippen molar-refractivity contribution in [1.82, 2.24) is 10.3 Å². The third kappa shape index (κ3) is 4.94. The number of carbonyl (C=O) groups is 1. The van der Waals surface area contributed by atoms with Crippen molar-refractivity contribution < 1.29 is 9.53 Å². The highest BCUT2D eigenvalue weighted by Gasteiger charge is 2.06. The van der Waals surface area contributed by atoms with Crippen LogP contribution in [-0.4, -0.2) is 24.0 Å². The van der Waals surface area contributed by atoms with Gasteiger partial charge in [0, 0.05) is 30.3 Å². The molecule has 1 N–H and O–H groups in total. The molecule has 0 fully saturated rings. The minimum absolute atomic E-state index is 0.000250. The molecule has 27 heavy (non-hydrogen) atoms. The summed E-state index contributed by atoms with van der Waals surface area (Å²) in [7, 11) is 1.66. The molecule has 0 aliphatic carbocycles. The number of benzene rings is 2. The lowest BCUT2D eigenvalue weighted by molar-refractivity contribution is -0.119. The number of nitrogens with one attached hydrogen (secondary N) is 1. The Morgan fingerprint density at radius 3 is 2.15 bits per heavy atom. The lowest BCUT2D eigenvalue weighted by Crippen LogP contribution is -2.31. The zero-order valence-corrected chi connectivity index (χ0v) is 15.9. The molecule has 4 heteroatoms. The third-order valence-corrected chi connectivity index (χ3v) is 4.43. The van der Waals surface area contributed by atoms with Gasteiger partial charge in [-0.05, 0) is 42.7 Å². The highest BCUT2D eigenvalue weighted by molar-refractivity contribution is 5.73. The van der Waals surface area contributed by atoms with Crippen LogP contribution in [0.1, 0.15) is 19.4 Å². The van der Waals surface area contributed by atoms with E-state index in [-0.39, 0.29) is 11.9 Å². The van der Waals surface area contributed by atoms with Crippen molar-refractivity contribution in [3.05, 3.63) is 72.4 Å². The van der Waals surface area contributed by atoms with Crippen molar-refractivity contribution in [2.45, 2.75) is 26.3 Å². The maximum Gasteiger partial charge on any atom is 0.217 e. The van der Waals surface area contributed by atoms with Crippen LogP contribution in [0, 0.1) is 0 Å². The Kier molecular flexibility index (Phi) is 5.87. The number of pyridine rings is 1. The molecule has 4 nitrogen and oxygen atoms in total. The Balaban J connectivity index is 1.70. The van der Waals surface area contributed by atoms with Crippen LogP contribution in [0.2, 0.25) is 0 Å². The van der Waals surface area contributed by atoms with Crippen LogP contribution < -0.4 is 10.1 Å². The molecule has 0 saturated carbocycles. The van der Waals surface area contributed by atoms with E-state index in [0.717, 1.165) is 34.6 Å². The second-order valence-corrected chi connectivity index (χ2v) is 6.66. The third-order valence-electron chi connectivity index (χ3n) is 4.43. The fourth-order valence-corrected chi connectivity index (χ4v) is 3.08. The molecule has 1 amide bonds. The van der Waals surface area contributed by atoms with Crippen molar-refractivity contribution in [3.63, 3.8) is 0 Å². The van der Waals surface area contributed by atoms with Gasteiger partial charge < -0.3 is 10.1 Å². The van der Waals surface area contributed by atoms with Crippen LogP contribution in [0.3, 0.4) is 0 Å². The molecule has 0 saturated heterocycles. The Morgan fingerprint density at radius 2 is 1.59 bits per heavy atom. The minimum Gasteiger partial charge on any atom is -0.497 e. The summed E-state index contributed by atoms with van der Waals surface area (Å²) in [6.07, 6.45) is 2.70. The molecule has 3 rings (SSSR count). The van der Waals surface area contributed by atoms with Gasteiger partial charge in [-0.25, -0.2) is 0 Å². The number of hydrogen-bond donors (Lipinski definition) is 1. The van der Waals surface area contributed by atoms with Gasteiger partial charge in [-0.15, -0.1) is 0 Å². The number of amides is 1. The van der Waals surface area contributed by atoms with Crippen LogP contribution >= 0.6 is 0 Å². The monoisotopic (exact) mass is 360 g/mol. The number of aromatic nitrogens is 1. The lowest BCUT2D eigenvalue weighted by atomic mass is 10.0. The summed E-state index contributed by atoms with van der Waals surface area (Å²) in [5.74, 6) is 0.844. The van der Waals surface area contributed by atoms with E-state index in [1.807, 2.05) is 43.5 Å². The standard InChI is InChI=1S/C23H24N2O2/c1-16(25-17(2)26)14-18-4-6-20(7-5-18)23-13-10-21(15-24-23)19-8-11-22(27-3)12-9-19/h4-13,15-16H,14H2,1-3H3,(H,25,26). The Bertz CT molecular complexity index is 885. The van der Waals surface area contributed by atoms with Gasteiger partial charge in [0.2, 0.25) is 5.91 Å². The molecule has 1 aromatic heterocycles. The van der Waals surface area contributed by atoms with E-state index in [2.05, 4.69) is 40.6 Å². The van der Waals surface area contributed by atoms with Crippen LogP contribution in [-0.2, 0) is 11.2 Å². The van der Waals surface area contributed by atoms with Gasteiger partial charge in [-0.3, -0.25) is 9.78 Å². The average molecular weight is 360 g/mol. The highest BCUT2D eigenvalue weighted by atomic mass is 16.5. The summed E-state index contributed by atoms with van der Waals surface area (Å²) in [4.78, 5) is 15.7. The highest BCUT2D eigenvalue weighted by Crippen LogP contribution is 2.24. The SMILES string of the molecule is COc1ccc(-c2ccc(-c3ccc(CC(C)NC(C)=O)cc3)nc2)cc1. The maximum absolute atomic E-state index is 11.1. The second kappa shape index (κ2) is 8.49. The number of carbonyl (C=O) groups excluding carboxylic acids is 1.